The van der Waals surface area contributed by atoms with Crippen LogP contribution in [0.3, 0.4) is 0 Å². The molecular formula is C18H29N3O3. The number of rotatable bonds is 9. The summed E-state index contributed by atoms with van der Waals surface area (Å²) >= 11 is 0. The van der Waals surface area contributed by atoms with E-state index in [0.29, 0.717) is 11.4 Å². The minimum Gasteiger partial charge on any atom is -0.497 e. The third kappa shape index (κ3) is 7.46. The van der Waals surface area contributed by atoms with E-state index in [1.54, 1.807) is 31.4 Å². The zero-order valence-corrected chi connectivity index (χ0v) is 15.1. The molecule has 0 saturated carbocycles. The van der Waals surface area contributed by atoms with Crippen LogP contribution in [0, 0.1) is 0 Å². The third-order valence-corrected chi connectivity index (χ3v) is 3.73. The summed E-state index contributed by atoms with van der Waals surface area (Å²) in [6, 6.07) is 6.65. The second kappa shape index (κ2) is 10.6. The fourth-order valence-electron chi connectivity index (χ4n) is 2.27. The summed E-state index contributed by atoms with van der Waals surface area (Å²) in [7, 11) is 1.58. The van der Waals surface area contributed by atoms with Gasteiger partial charge in [0.15, 0.2) is 0 Å². The van der Waals surface area contributed by atoms with Gasteiger partial charge in [-0.2, -0.15) is 0 Å². The van der Waals surface area contributed by atoms with Crippen LogP contribution in [0.15, 0.2) is 24.3 Å². The maximum Gasteiger partial charge on any atom is 0.325 e. The summed E-state index contributed by atoms with van der Waals surface area (Å²) < 4.78 is 5.06. The number of hydrogen-bond donors (Lipinski definition) is 2. The molecule has 134 valence electrons. The van der Waals surface area contributed by atoms with Gasteiger partial charge in [0.05, 0.1) is 13.7 Å². The molecule has 0 aliphatic heterocycles. The lowest BCUT2D eigenvalue weighted by Crippen LogP contribution is -2.44. The van der Waals surface area contributed by atoms with E-state index in [1.165, 1.54) is 0 Å². The van der Waals surface area contributed by atoms with Gasteiger partial charge in [0, 0.05) is 11.7 Å². The Morgan fingerprint density at radius 3 is 2.38 bits per heavy atom. The Morgan fingerprint density at radius 2 is 1.83 bits per heavy atom. The number of amides is 3. The van der Waals surface area contributed by atoms with Gasteiger partial charge >= 0.3 is 6.03 Å². The van der Waals surface area contributed by atoms with Gasteiger partial charge in [0.1, 0.15) is 5.75 Å². The van der Waals surface area contributed by atoms with Crippen molar-refractivity contribution in [3.05, 3.63) is 24.3 Å². The Kier molecular flexibility index (Phi) is 8.86. The third-order valence-electron chi connectivity index (χ3n) is 3.73. The van der Waals surface area contributed by atoms with Crippen LogP contribution in [-0.2, 0) is 4.79 Å². The monoisotopic (exact) mass is 335 g/mol. The predicted molar refractivity (Wildman–Crippen MR) is 96.4 cm³/mol. The number of benzene rings is 1. The van der Waals surface area contributed by atoms with Gasteiger partial charge in [0.25, 0.3) is 0 Å². The van der Waals surface area contributed by atoms with Crippen LogP contribution in [0.5, 0.6) is 5.75 Å². The second-order valence-electron chi connectivity index (χ2n) is 6.00. The number of nitrogens with one attached hydrogen (secondary N) is 2. The van der Waals surface area contributed by atoms with Gasteiger partial charge in [-0.1, -0.05) is 19.8 Å². The van der Waals surface area contributed by atoms with E-state index < -0.39 is 6.03 Å². The van der Waals surface area contributed by atoms with E-state index in [0.717, 1.165) is 25.8 Å². The highest BCUT2D eigenvalue weighted by molar-refractivity contribution is 6.01. The first kappa shape index (κ1) is 20.0. The molecule has 0 fully saturated rings. The highest BCUT2D eigenvalue weighted by atomic mass is 16.5. The SMILES string of the molecule is CCCCCN(CC(=O)NC(=O)Nc1ccc(OC)cc1)C(C)C. The summed E-state index contributed by atoms with van der Waals surface area (Å²) in [6.45, 7) is 7.33. The van der Waals surface area contributed by atoms with Crippen LogP contribution in [0.1, 0.15) is 40.0 Å². The number of unbranched alkanes of at least 4 members (excludes halogenated alkanes) is 2. The molecule has 0 unspecified atom stereocenters. The zero-order valence-electron chi connectivity index (χ0n) is 15.1. The summed E-state index contributed by atoms with van der Waals surface area (Å²) in [5.41, 5.74) is 0.602. The van der Waals surface area contributed by atoms with Gasteiger partial charge in [-0.25, -0.2) is 4.79 Å². The van der Waals surface area contributed by atoms with E-state index in [1.807, 2.05) is 0 Å². The normalized spacial score (nSPS) is 10.8. The number of urea groups is 1. The Morgan fingerprint density at radius 1 is 1.17 bits per heavy atom. The minimum atomic E-state index is -0.526. The van der Waals surface area contributed by atoms with Crippen molar-refractivity contribution in [3.8, 4) is 5.75 Å². The van der Waals surface area contributed by atoms with Crippen molar-refractivity contribution >= 4 is 17.6 Å². The first-order valence-corrected chi connectivity index (χ1v) is 8.45. The molecular weight excluding hydrogens is 306 g/mol. The number of carbonyl (C=O) groups excluding carboxylic acids is 2. The molecule has 0 aliphatic carbocycles. The van der Waals surface area contributed by atoms with Crippen molar-refractivity contribution in [2.75, 3.05) is 25.5 Å². The summed E-state index contributed by atoms with van der Waals surface area (Å²) in [5, 5.41) is 5.00. The molecule has 0 aliphatic rings. The molecule has 0 radical (unpaired) electrons. The molecule has 6 nitrogen and oxygen atoms in total. The number of methoxy groups -OCH3 is 1. The van der Waals surface area contributed by atoms with Crippen LogP contribution < -0.4 is 15.4 Å². The quantitative estimate of drug-likeness (QED) is 0.680. The molecule has 0 heterocycles. The van der Waals surface area contributed by atoms with Crippen molar-refractivity contribution < 1.29 is 14.3 Å². The van der Waals surface area contributed by atoms with E-state index in [2.05, 4.69) is 36.3 Å². The Hall–Kier alpha value is -2.08. The van der Waals surface area contributed by atoms with Crippen LogP contribution in [0.2, 0.25) is 0 Å². The van der Waals surface area contributed by atoms with Gasteiger partial charge < -0.3 is 10.1 Å². The van der Waals surface area contributed by atoms with Crippen molar-refractivity contribution in [2.45, 2.75) is 46.1 Å². The van der Waals surface area contributed by atoms with Gasteiger partial charge in [0.2, 0.25) is 5.91 Å². The number of nitrogens with zero attached hydrogens (tertiary/aromatic N) is 1. The first-order chi connectivity index (χ1) is 11.5. The number of hydrogen-bond acceptors (Lipinski definition) is 4. The fraction of sp³-hybridized carbons (Fsp3) is 0.556. The highest BCUT2D eigenvalue weighted by Crippen LogP contribution is 2.14. The second-order valence-corrected chi connectivity index (χ2v) is 6.00. The Labute approximate surface area is 144 Å². The first-order valence-electron chi connectivity index (χ1n) is 8.45. The lowest BCUT2D eigenvalue weighted by atomic mass is 10.2. The zero-order chi connectivity index (χ0) is 17.9. The topological polar surface area (TPSA) is 70.7 Å². The van der Waals surface area contributed by atoms with Gasteiger partial charge in [-0.15, -0.1) is 0 Å². The largest absolute Gasteiger partial charge is 0.497 e. The molecule has 0 atom stereocenters. The van der Waals surface area contributed by atoms with Crippen molar-refractivity contribution in [1.82, 2.24) is 10.2 Å². The lowest BCUT2D eigenvalue weighted by molar-refractivity contribution is -0.121. The van der Waals surface area contributed by atoms with Crippen LogP contribution in [0.25, 0.3) is 0 Å². The minimum absolute atomic E-state index is 0.220. The standard InChI is InChI=1S/C18H29N3O3/c1-5-6-7-12-21(14(2)3)13-17(22)20-18(23)19-15-8-10-16(24-4)11-9-15/h8-11,14H,5-7,12-13H2,1-4H3,(H2,19,20,22,23). The lowest BCUT2D eigenvalue weighted by Gasteiger charge is -2.25. The summed E-state index contributed by atoms with van der Waals surface area (Å²) in [6.07, 6.45) is 3.34. The maximum atomic E-state index is 12.1. The molecule has 1 rings (SSSR count). The average molecular weight is 335 g/mol. The molecule has 24 heavy (non-hydrogen) atoms. The molecule has 1 aromatic rings. The maximum absolute atomic E-state index is 12.1. The van der Waals surface area contributed by atoms with Crippen molar-refractivity contribution in [2.24, 2.45) is 0 Å². The number of carbonyl (C=O) groups is 2. The van der Waals surface area contributed by atoms with Gasteiger partial charge in [-0.05, 0) is 51.1 Å². The highest BCUT2D eigenvalue weighted by Gasteiger charge is 2.15. The van der Waals surface area contributed by atoms with Crippen LogP contribution in [-0.4, -0.2) is 43.1 Å². The van der Waals surface area contributed by atoms with E-state index in [-0.39, 0.29) is 18.5 Å². The van der Waals surface area contributed by atoms with E-state index in [9.17, 15) is 9.59 Å². The van der Waals surface area contributed by atoms with Crippen LogP contribution in [0.4, 0.5) is 10.5 Å². The summed E-state index contributed by atoms with van der Waals surface area (Å²) in [5.74, 6) is 0.405. The van der Waals surface area contributed by atoms with Crippen LogP contribution >= 0.6 is 0 Å². The molecule has 0 spiro atoms. The number of ether oxygens (including phenoxy) is 1. The van der Waals surface area contributed by atoms with E-state index >= 15 is 0 Å². The number of imide groups is 1. The van der Waals surface area contributed by atoms with Crippen molar-refractivity contribution in [3.63, 3.8) is 0 Å². The molecule has 0 bridgehead atoms. The molecule has 3 amide bonds. The fourth-order valence-corrected chi connectivity index (χ4v) is 2.27. The molecule has 0 aromatic heterocycles. The molecule has 2 N–H and O–H groups in total. The molecule has 0 saturated heterocycles. The average Bonchev–Trinajstić information content (AvgIpc) is 2.54. The molecule has 6 heteroatoms. The Balaban J connectivity index is 2.44. The van der Waals surface area contributed by atoms with Crippen molar-refractivity contribution in [1.29, 1.82) is 0 Å². The predicted octanol–water partition coefficient (Wildman–Crippen LogP) is 3.24. The molecule has 1 aromatic carbocycles. The van der Waals surface area contributed by atoms with Gasteiger partial charge in [-0.3, -0.25) is 15.0 Å². The van der Waals surface area contributed by atoms with E-state index in [4.69, 9.17) is 4.74 Å². The number of anilines is 1. The summed E-state index contributed by atoms with van der Waals surface area (Å²) in [4.78, 5) is 26.0. The Bertz CT molecular complexity index is 515. The smallest absolute Gasteiger partial charge is 0.325 e.